The molecule has 0 saturated carbocycles. The highest BCUT2D eigenvalue weighted by molar-refractivity contribution is 6.62. The standard InChI is InChI=1S/C36H44B2O12/c1-29(2)30(3,4)48-37(47-29)21-17-23-27-24(18-21)34-36(45-15-11-41-34,46-16-12-42-34)26-20-22(38-49-31(5,6)32(7,8)50-38)19-25(28(26)27)35-33(23,39-9-13-43-35)40-10-14-44-35/h17-20H,9-16H2,1-8H3. The van der Waals surface area contributed by atoms with Gasteiger partial charge in [0.2, 0.25) is 0 Å². The molecule has 0 bridgehead atoms. The normalized spacial score (nSPS) is 38.1. The Morgan fingerprint density at radius 3 is 0.760 bits per heavy atom. The zero-order valence-electron chi connectivity index (χ0n) is 30.0. The van der Waals surface area contributed by atoms with Crippen molar-refractivity contribution in [3.8, 4) is 11.1 Å². The Bertz CT molecular complexity index is 1530. The number of ether oxygens (including phenoxy) is 8. The first-order valence-electron chi connectivity index (χ1n) is 17.8. The molecule has 14 heteroatoms. The van der Waals surface area contributed by atoms with Gasteiger partial charge < -0.3 is 56.5 Å². The van der Waals surface area contributed by atoms with Gasteiger partial charge in [-0.05, 0) is 66.3 Å². The van der Waals surface area contributed by atoms with E-state index in [1.54, 1.807) is 0 Å². The fourth-order valence-electron chi connectivity index (χ4n) is 8.88. The quantitative estimate of drug-likeness (QED) is 0.433. The van der Waals surface area contributed by atoms with Gasteiger partial charge in [-0.1, -0.05) is 24.3 Å². The van der Waals surface area contributed by atoms with Gasteiger partial charge in [-0.15, -0.1) is 0 Å². The van der Waals surface area contributed by atoms with Crippen LogP contribution in [-0.2, 0) is 79.7 Å². The maximum atomic E-state index is 6.81. The number of rotatable bonds is 2. The number of hydrogen-bond donors (Lipinski definition) is 0. The van der Waals surface area contributed by atoms with E-state index in [9.17, 15) is 0 Å². The van der Waals surface area contributed by atoms with Crippen molar-refractivity contribution >= 4 is 25.2 Å². The van der Waals surface area contributed by atoms with Gasteiger partial charge in [-0.3, -0.25) is 0 Å². The van der Waals surface area contributed by atoms with Crippen molar-refractivity contribution in [1.82, 2.24) is 0 Å². The Morgan fingerprint density at radius 1 is 0.360 bits per heavy atom. The van der Waals surface area contributed by atoms with E-state index in [4.69, 9.17) is 56.5 Å². The van der Waals surface area contributed by atoms with E-state index >= 15 is 0 Å². The molecule has 266 valence electrons. The first kappa shape index (κ1) is 32.7. The second-order valence-corrected chi connectivity index (χ2v) is 16.4. The fraction of sp³-hybridized carbons (Fsp3) is 0.667. The zero-order valence-corrected chi connectivity index (χ0v) is 30.0. The Labute approximate surface area is 292 Å². The molecule has 2 aromatic rings. The smallest absolute Gasteiger partial charge is 0.399 e. The third-order valence-electron chi connectivity index (χ3n) is 12.7. The van der Waals surface area contributed by atoms with Gasteiger partial charge in [-0.2, -0.15) is 0 Å². The Hall–Kier alpha value is -1.91. The third-order valence-corrected chi connectivity index (χ3v) is 12.7. The number of benzene rings is 2. The first-order valence-corrected chi connectivity index (χ1v) is 17.8. The summed E-state index contributed by atoms with van der Waals surface area (Å²) in [5, 5.41) is 0. The van der Waals surface area contributed by atoms with Crippen LogP contribution >= 0.6 is 0 Å². The average Bonchev–Trinajstić information content (AvgIpc) is 3.45. The summed E-state index contributed by atoms with van der Waals surface area (Å²) in [5.74, 6) is -5.97. The topological polar surface area (TPSA) is 111 Å². The van der Waals surface area contributed by atoms with Gasteiger partial charge in [0.1, 0.15) is 0 Å². The Balaban J connectivity index is 1.31. The van der Waals surface area contributed by atoms with Crippen molar-refractivity contribution in [2.45, 2.75) is 101 Å². The monoisotopic (exact) mass is 690 g/mol. The predicted octanol–water partition coefficient (Wildman–Crippen LogP) is 2.78. The molecule has 0 spiro atoms. The van der Waals surface area contributed by atoms with E-state index < -0.39 is 59.8 Å². The second-order valence-electron chi connectivity index (χ2n) is 16.4. The lowest BCUT2D eigenvalue weighted by Crippen LogP contribution is -2.68. The minimum atomic E-state index is -1.49. The highest BCUT2D eigenvalue weighted by Gasteiger charge is 2.74. The highest BCUT2D eigenvalue weighted by Crippen LogP contribution is 2.67. The van der Waals surface area contributed by atoms with Crippen LogP contribution in [0.25, 0.3) is 11.1 Å². The summed E-state index contributed by atoms with van der Waals surface area (Å²) >= 11 is 0. The van der Waals surface area contributed by atoms with Gasteiger partial charge >= 0.3 is 14.2 Å². The van der Waals surface area contributed by atoms with Crippen molar-refractivity contribution < 1.29 is 56.5 Å². The molecule has 6 heterocycles. The van der Waals surface area contributed by atoms with E-state index in [1.165, 1.54) is 0 Å². The van der Waals surface area contributed by atoms with Crippen molar-refractivity contribution in [3.05, 3.63) is 46.5 Å². The van der Waals surface area contributed by atoms with Gasteiger partial charge in [0, 0.05) is 33.4 Å². The molecule has 6 aliphatic heterocycles. The Morgan fingerprint density at radius 2 is 0.560 bits per heavy atom. The molecule has 0 radical (unpaired) electrons. The van der Waals surface area contributed by atoms with Crippen LogP contribution in [0.1, 0.15) is 77.6 Å². The van der Waals surface area contributed by atoms with Crippen molar-refractivity contribution in [3.63, 3.8) is 0 Å². The zero-order chi connectivity index (χ0) is 34.7. The Kier molecular flexibility index (Phi) is 6.53. The van der Waals surface area contributed by atoms with Crippen LogP contribution in [0.2, 0.25) is 0 Å². The molecule has 2 aliphatic carbocycles. The summed E-state index contributed by atoms with van der Waals surface area (Å²) in [4.78, 5) is 0. The lowest BCUT2D eigenvalue weighted by molar-refractivity contribution is -0.488. The van der Waals surface area contributed by atoms with Gasteiger partial charge in [0.25, 0.3) is 23.1 Å². The van der Waals surface area contributed by atoms with Crippen LogP contribution < -0.4 is 10.9 Å². The molecule has 0 atom stereocenters. The van der Waals surface area contributed by atoms with Crippen LogP contribution in [0.15, 0.2) is 24.3 Å². The maximum absolute atomic E-state index is 6.81. The van der Waals surface area contributed by atoms with E-state index in [2.05, 4.69) is 0 Å². The third kappa shape index (κ3) is 3.75. The predicted molar refractivity (Wildman–Crippen MR) is 178 cm³/mol. The fourth-order valence-corrected chi connectivity index (χ4v) is 8.88. The van der Waals surface area contributed by atoms with Gasteiger partial charge in [-0.25, -0.2) is 0 Å². The molecule has 8 aliphatic rings. The molecular weight excluding hydrogens is 646 g/mol. The molecule has 0 aromatic heterocycles. The van der Waals surface area contributed by atoms with E-state index in [0.29, 0.717) is 22.3 Å². The van der Waals surface area contributed by atoms with E-state index in [0.717, 1.165) is 22.1 Å². The van der Waals surface area contributed by atoms with Crippen LogP contribution in [0, 0.1) is 0 Å². The average molecular weight is 690 g/mol. The molecule has 10 rings (SSSR count). The minimum absolute atomic E-state index is 0.286. The second kappa shape index (κ2) is 9.99. The molecule has 0 amide bonds. The lowest BCUT2D eigenvalue weighted by atomic mass is 9.61. The van der Waals surface area contributed by atoms with Crippen LogP contribution in [0.3, 0.4) is 0 Å². The molecular formula is C36H44B2O12. The van der Waals surface area contributed by atoms with Gasteiger partial charge in [0.05, 0.1) is 75.3 Å². The van der Waals surface area contributed by atoms with Gasteiger partial charge in [0.15, 0.2) is 0 Å². The number of hydrogen-bond acceptors (Lipinski definition) is 12. The molecule has 0 unspecified atom stereocenters. The lowest BCUT2D eigenvalue weighted by Gasteiger charge is -2.61. The summed E-state index contributed by atoms with van der Waals surface area (Å²) in [6.07, 6.45) is 0. The summed E-state index contributed by atoms with van der Waals surface area (Å²) in [7, 11) is -1.43. The SMILES string of the molecule is CC1(C)OB(c2cc3c4c(c2)C25OCCOC2(OCCO5)c2cc(B5OC(C)(C)C(C)(C)O5)cc(c2-4)C24OCCOC32OCCO4)OC1(C)C. The molecule has 0 N–H and O–H groups in total. The van der Waals surface area contributed by atoms with Crippen LogP contribution in [0.5, 0.6) is 0 Å². The summed E-state index contributed by atoms with van der Waals surface area (Å²) in [6, 6.07) is 8.19. The molecule has 2 aromatic carbocycles. The first-order chi connectivity index (χ1) is 23.6. The van der Waals surface area contributed by atoms with E-state index in [-0.39, 0.29) is 52.9 Å². The molecule has 6 saturated heterocycles. The van der Waals surface area contributed by atoms with Crippen molar-refractivity contribution in [2.24, 2.45) is 0 Å². The molecule has 12 nitrogen and oxygen atoms in total. The molecule has 6 fully saturated rings. The summed E-state index contributed by atoms with van der Waals surface area (Å²) in [5.41, 5.74) is 3.67. The van der Waals surface area contributed by atoms with Crippen LogP contribution in [-0.4, -0.2) is 89.5 Å². The summed E-state index contributed by atoms with van der Waals surface area (Å²) < 4.78 is 81.0. The van der Waals surface area contributed by atoms with E-state index in [1.807, 2.05) is 79.7 Å². The van der Waals surface area contributed by atoms with Crippen LogP contribution in [0.4, 0.5) is 0 Å². The van der Waals surface area contributed by atoms with Crippen molar-refractivity contribution in [2.75, 3.05) is 52.9 Å². The minimum Gasteiger partial charge on any atom is -0.399 e. The van der Waals surface area contributed by atoms with Crippen molar-refractivity contribution in [1.29, 1.82) is 0 Å². The molecule has 50 heavy (non-hydrogen) atoms. The highest BCUT2D eigenvalue weighted by atomic mass is 16.8. The maximum Gasteiger partial charge on any atom is 0.494 e. The summed E-state index contributed by atoms with van der Waals surface area (Å²) in [6.45, 7) is 18.6. The largest absolute Gasteiger partial charge is 0.494 e.